The van der Waals surface area contributed by atoms with Crippen molar-refractivity contribution in [3.05, 3.63) is 70.6 Å². The van der Waals surface area contributed by atoms with Gasteiger partial charge in [0.25, 0.3) is 5.56 Å². The number of benzene rings is 2. The highest BCUT2D eigenvalue weighted by Crippen LogP contribution is 2.21. The third-order valence-corrected chi connectivity index (χ3v) is 6.52. The average molecular weight is 437 g/mol. The molecule has 2 aliphatic heterocycles. The maximum atomic E-state index is 13.0. The maximum Gasteiger partial charge on any atom is 0.271 e. The lowest BCUT2D eigenvalue weighted by Crippen LogP contribution is -2.32. The molecule has 3 heterocycles. The Labute approximate surface area is 189 Å². The van der Waals surface area contributed by atoms with Gasteiger partial charge in [0, 0.05) is 30.9 Å². The lowest BCUT2D eigenvalue weighted by Gasteiger charge is -2.21. The number of likely N-dealkylation sites (tertiary alicyclic amines) is 1. The number of alkyl halides is 1. The highest BCUT2D eigenvalue weighted by Gasteiger charge is 2.23. The van der Waals surface area contributed by atoms with E-state index < -0.39 is 0 Å². The van der Waals surface area contributed by atoms with E-state index in [0.717, 1.165) is 54.9 Å². The molecule has 2 fully saturated rings. The molecule has 5 rings (SSSR count). The van der Waals surface area contributed by atoms with Gasteiger partial charge >= 0.3 is 0 Å². The zero-order chi connectivity index (χ0) is 22.3. The maximum absolute atomic E-state index is 13.0. The Kier molecular flexibility index (Phi) is 7.66. The number of nitrogens with one attached hydrogen (secondary N) is 1. The van der Waals surface area contributed by atoms with Crippen molar-refractivity contribution < 1.29 is 4.39 Å². The van der Waals surface area contributed by atoms with Crippen LogP contribution in [0.25, 0.3) is 16.5 Å². The van der Waals surface area contributed by atoms with Crippen molar-refractivity contribution in [1.29, 1.82) is 0 Å². The zero-order valence-corrected chi connectivity index (χ0v) is 18.8. The van der Waals surface area contributed by atoms with Crippen molar-refractivity contribution in [3.8, 4) is 5.69 Å². The van der Waals surface area contributed by atoms with Gasteiger partial charge < -0.3 is 5.32 Å². The first kappa shape index (κ1) is 22.6. The Balaban J connectivity index is 0.000000354. The standard InChI is InChI=1S/C21H22FN3O.C5H11N/c22-15-20-3-2-11-24(20)12-9-16-5-6-18-14-19(8-7-17(18)13-16)25-21(26)4-1-10-23-25;1-5-3-2-4-6-5/h1,4-8,10,13-14,20H,2-3,9,11-12,15H2;5-6H,2-4H2,1H3/t20-;5-/m01/s1. The van der Waals surface area contributed by atoms with Crippen LogP contribution in [0.2, 0.25) is 0 Å². The molecule has 0 amide bonds. The molecule has 2 saturated heterocycles. The third-order valence-electron chi connectivity index (χ3n) is 6.52. The van der Waals surface area contributed by atoms with Crippen LogP contribution in [0.15, 0.2) is 59.5 Å². The Morgan fingerprint density at radius 3 is 2.66 bits per heavy atom. The van der Waals surface area contributed by atoms with Gasteiger partial charge in [0.15, 0.2) is 0 Å². The van der Waals surface area contributed by atoms with Crippen molar-refractivity contribution in [2.75, 3.05) is 26.3 Å². The van der Waals surface area contributed by atoms with Gasteiger partial charge in [-0.25, -0.2) is 4.39 Å². The molecule has 1 aromatic heterocycles. The van der Waals surface area contributed by atoms with Gasteiger partial charge in [-0.05, 0) is 86.7 Å². The minimum atomic E-state index is -0.243. The first-order chi connectivity index (χ1) is 15.6. The molecule has 3 aromatic rings. The second-order valence-electron chi connectivity index (χ2n) is 8.87. The molecule has 170 valence electrons. The summed E-state index contributed by atoms with van der Waals surface area (Å²) in [6.45, 7) is 5.13. The topological polar surface area (TPSA) is 50.2 Å². The van der Waals surface area contributed by atoms with Gasteiger partial charge in [-0.15, -0.1) is 0 Å². The Morgan fingerprint density at radius 1 is 1.09 bits per heavy atom. The second kappa shape index (κ2) is 10.8. The van der Waals surface area contributed by atoms with Gasteiger partial charge in [-0.2, -0.15) is 9.78 Å². The van der Waals surface area contributed by atoms with Crippen LogP contribution in [0.3, 0.4) is 0 Å². The van der Waals surface area contributed by atoms with Gasteiger partial charge in [-0.3, -0.25) is 9.69 Å². The number of hydrogen-bond donors (Lipinski definition) is 1. The minimum Gasteiger partial charge on any atom is -0.314 e. The van der Waals surface area contributed by atoms with Crippen LogP contribution < -0.4 is 10.9 Å². The molecule has 0 unspecified atom stereocenters. The summed E-state index contributed by atoms with van der Waals surface area (Å²) in [6, 6.07) is 16.3. The predicted octanol–water partition coefficient (Wildman–Crippen LogP) is 4.12. The van der Waals surface area contributed by atoms with Crippen LogP contribution in [0.1, 0.15) is 38.2 Å². The highest BCUT2D eigenvalue weighted by atomic mass is 19.1. The average Bonchev–Trinajstić information content (AvgIpc) is 3.49. The molecule has 6 heteroatoms. The Hall–Kier alpha value is -2.57. The highest BCUT2D eigenvalue weighted by molar-refractivity contribution is 5.85. The number of fused-ring (bicyclic) bond motifs is 1. The van der Waals surface area contributed by atoms with E-state index in [2.05, 4.69) is 40.4 Å². The van der Waals surface area contributed by atoms with E-state index in [1.54, 1.807) is 12.3 Å². The Morgan fingerprint density at radius 2 is 1.94 bits per heavy atom. The molecule has 32 heavy (non-hydrogen) atoms. The van der Waals surface area contributed by atoms with Crippen molar-refractivity contribution in [1.82, 2.24) is 20.0 Å². The first-order valence-electron chi connectivity index (χ1n) is 11.7. The van der Waals surface area contributed by atoms with Crippen LogP contribution in [0, 0.1) is 0 Å². The summed E-state index contributed by atoms with van der Waals surface area (Å²) in [5.41, 5.74) is 1.87. The monoisotopic (exact) mass is 436 g/mol. The first-order valence-corrected chi connectivity index (χ1v) is 11.7. The summed E-state index contributed by atoms with van der Waals surface area (Å²) < 4.78 is 14.4. The van der Waals surface area contributed by atoms with Crippen molar-refractivity contribution in [2.45, 2.75) is 51.1 Å². The molecule has 0 spiro atoms. The number of nitrogens with zero attached hydrogens (tertiary/aromatic N) is 3. The van der Waals surface area contributed by atoms with Crippen LogP contribution in [-0.2, 0) is 6.42 Å². The zero-order valence-electron chi connectivity index (χ0n) is 18.8. The van der Waals surface area contributed by atoms with Gasteiger partial charge in [0.05, 0.1) is 5.69 Å². The fourth-order valence-corrected chi connectivity index (χ4v) is 4.62. The number of hydrogen-bond acceptors (Lipinski definition) is 4. The van der Waals surface area contributed by atoms with E-state index in [-0.39, 0.29) is 18.3 Å². The van der Waals surface area contributed by atoms with E-state index in [1.165, 1.54) is 35.7 Å². The molecule has 2 atom stereocenters. The summed E-state index contributed by atoms with van der Waals surface area (Å²) in [5.74, 6) is 0. The van der Waals surface area contributed by atoms with Gasteiger partial charge in [0.2, 0.25) is 0 Å². The second-order valence-corrected chi connectivity index (χ2v) is 8.87. The van der Waals surface area contributed by atoms with E-state index in [4.69, 9.17) is 0 Å². The fourth-order valence-electron chi connectivity index (χ4n) is 4.62. The number of aromatic nitrogens is 2. The lowest BCUT2D eigenvalue weighted by atomic mass is 10.0. The molecule has 1 N–H and O–H groups in total. The smallest absolute Gasteiger partial charge is 0.271 e. The number of halogens is 1. The Bertz CT molecular complexity index is 1080. The molecule has 2 aliphatic rings. The normalized spacial score (nSPS) is 20.9. The minimum absolute atomic E-state index is 0.106. The lowest BCUT2D eigenvalue weighted by molar-refractivity contribution is 0.217. The number of rotatable bonds is 5. The molecule has 2 aromatic carbocycles. The van der Waals surface area contributed by atoms with Crippen LogP contribution >= 0.6 is 0 Å². The molecule has 5 nitrogen and oxygen atoms in total. The molecular formula is C26H33FN4O. The van der Waals surface area contributed by atoms with E-state index in [0.29, 0.717) is 0 Å². The quantitative estimate of drug-likeness (QED) is 0.654. The predicted molar refractivity (Wildman–Crippen MR) is 128 cm³/mol. The third kappa shape index (κ3) is 5.61. The van der Waals surface area contributed by atoms with Crippen LogP contribution in [0.5, 0.6) is 0 Å². The van der Waals surface area contributed by atoms with Crippen molar-refractivity contribution >= 4 is 10.8 Å². The van der Waals surface area contributed by atoms with E-state index >= 15 is 0 Å². The summed E-state index contributed by atoms with van der Waals surface area (Å²) in [5, 5.41) is 9.66. The van der Waals surface area contributed by atoms with Crippen LogP contribution in [0.4, 0.5) is 4.39 Å². The van der Waals surface area contributed by atoms with E-state index in [1.807, 2.05) is 18.2 Å². The molecule has 0 radical (unpaired) electrons. The fraction of sp³-hybridized carbons (Fsp3) is 0.462. The molecule has 0 bridgehead atoms. The summed E-state index contributed by atoms with van der Waals surface area (Å²) in [6.07, 6.45) is 7.36. The molecular weight excluding hydrogens is 403 g/mol. The van der Waals surface area contributed by atoms with E-state index in [9.17, 15) is 9.18 Å². The summed E-state index contributed by atoms with van der Waals surface area (Å²) in [4.78, 5) is 14.2. The van der Waals surface area contributed by atoms with Gasteiger partial charge in [0.1, 0.15) is 6.67 Å². The largest absolute Gasteiger partial charge is 0.314 e. The van der Waals surface area contributed by atoms with Gasteiger partial charge in [-0.1, -0.05) is 24.3 Å². The summed E-state index contributed by atoms with van der Waals surface area (Å²) in [7, 11) is 0. The van der Waals surface area contributed by atoms with Crippen molar-refractivity contribution in [2.24, 2.45) is 0 Å². The van der Waals surface area contributed by atoms with Crippen LogP contribution in [-0.4, -0.2) is 53.1 Å². The SMILES string of the molecule is C[C@@H]1CCCN1.O=c1cccnn1-c1ccc2cc(CCN3CCC[C@H]3CF)ccc2c1. The van der Waals surface area contributed by atoms with Crippen molar-refractivity contribution in [3.63, 3.8) is 0 Å². The molecule has 0 aliphatic carbocycles. The molecule has 0 saturated carbocycles. The summed E-state index contributed by atoms with van der Waals surface area (Å²) >= 11 is 0.